The molecular formula is C28H26ClN3O3S. The lowest BCUT2D eigenvalue weighted by Crippen LogP contribution is -2.32. The van der Waals surface area contributed by atoms with Crippen LogP contribution in [0.3, 0.4) is 0 Å². The molecule has 1 N–H and O–H groups in total. The second kappa shape index (κ2) is 11.5. The Balaban J connectivity index is 1.53. The van der Waals surface area contributed by atoms with Gasteiger partial charge in [-0.15, -0.1) is 0 Å². The summed E-state index contributed by atoms with van der Waals surface area (Å²) in [6.45, 7) is 4.37. The lowest BCUT2D eigenvalue weighted by atomic mass is 10.1. The monoisotopic (exact) mass is 519 g/mol. The zero-order valence-corrected chi connectivity index (χ0v) is 21.8. The number of hydrogen-bond donors (Lipinski definition) is 1. The summed E-state index contributed by atoms with van der Waals surface area (Å²) in [6, 6.07) is 20.6. The van der Waals surface area contributed by atoms with E-state index in [0.29, 0.717) is 22.4 Å². The van der Waals surface area contributed by atoms with E-state index in [2.05, 4.69) is 10.3 Å². The molecule has 1 aliphatic rings. The van der Waals surface area contributed by atoms with Gasteiger partial charge in [-0.3, -0.25) is 14.5 Å². The summed E-state index contributed by atoms with van der Waals surface area (Å²) in [5.41, 5.74) is 4.89. The van der Waals surface area contributed by atoms with Crippen LogP contribution in [0.2, 0.25) is 5.02 Å². The lowest BCUT2D eigenvalue weighted by molar-refractivity contribution is -0.118. The Bertz CT molecular complexity index is 1310. The number of thioether (sulfide) groups is 1. The Hall–Kier alpha value is -3.55. The number of hydrogen-bond acceptors (Lipinski definition) is 5. The minimum Gasteiger partial charge on any atom is -0.497 e. The SMILES string of the molecule is COc1ccc(/C=C2\N=C(SCC(=O)NCc3ccc(Cl)cc3)N(c3cc(C)cc(C)c3)C2=O)cc1. The molecule has 3 aromatic carbocycles. The number of halogens is 1. The topological polar surface area (TPSA) is 71.0 Å². The van der Waals surface area contributed by atoms with Crippen molar-refractivity contribution in [3.8, 4) is 5.75 Å². The first-order valence-corrected chi connectivity index (χ1v) is 12.7. The molecule has 0 fully saturated rings. The van der Waals surface area contributed by atoms with Crippen LogP contribution in [0.25, 0.3) is 6.08 Å². The first-order valence-electron chi connectivity index (χ1n) is 11.3. The second-order valence-electron chi connectivity index (χ2n) is 8.38. The number of amidine groups is 1. The largest absolute Gasteiger partial charge is 0.497 e. The number of ether oxygens (including phenoxy) is 1. The number of anilines is 1. The number of aryl methyl sites for hydroxylation is 2. The minimum absolute atomic E-state index is 0.122. The quantitative estimate of drug-likeness (QED) is 0.403. The van der Waals surface area contributed by atoms with Crippen LogP contribution in [-0.4, -0.2) is 29.8 Å². The van der Waals surface area contributed by atoms with Gasteiger partial charge in [-0.2, -0.15) is 0 Å². The highest BCUT2D eigenvalue weighted by atomic mass is 35.5. The van der Waals surface area contributed by atoms with Crippen molar-refractivity contribution in [2.24, 2.45) is 4.99 Å². The van der Waals surface area contributed by atoms with E-state index in [1.165, 1.54) is 11.8 Å². The fourth-order valence-corrected chi connectivity index (χ4v) is 4.71. The molecule has 8 heteroatoms. The number of carbonyl (C=O) groups excluding carboxylic acids is 2. The van der Waals surface area contributed by atoms with Crippen molar-refractivity contribution in [2.45, 2.75) is 20.4 Å². The molecule has 4 rings (SSSR count). The van der Waals surface area contributed by atoms with Gasteiger partial charge in [0.1, 0.15) is 11.4 Å². The summed E-state index contributed by atoms with van der Waals surface area (Å²) in [4.78, 5) is 32.2. The summed E-state index contributed by atoms with van der Waals surface area (Å²) >= 11 is 7.15. The molecule has 0 spiro atoms. The van der Waals surface area contributed by atoms with Gasteiger partial charge >= 0.3 is 0 Å². The maximum atomic E-state index is 13.4. The maximum absolute atomic E-state index is 13.4. The van der Waals surface area contributed by atoms with E-state index in [9.17, 15) is 9.59 Å². The molecule has 0 saturated carbocycles. The van der Waals surface area contributed by atoms with Crippen molar-refractivity contribution < 1.29 is 14.3 Å². The van der Waals surface area contributed by atoms with Crippen molar-refractivity contribution in [3.05, 3.63) is 99.7 Å². The molecule has 0 atom stereocenters. The molecule has 0 radical (unpaired) electrons. The van der Waals surface area contributed by atoms with E-state index in [1.54, 1.807) is 30.2 Å². The number of methoxy groups -OCH3 is 1. The van der Waals surface area contributed by atoms with Gasteiger partial charge in [0.05, 0.1) is 18.6 Å². The van der Waals surface area contributed by atoms with Crippen molar-refractivity contribution in [3.63, 3.8) is 0 Å². The number of rotatable bonds is 7. The molecule has 184 valence electrons. The first-order chi connectivity index (χ1) is 17.3. The lowest BCUT2D eigenvalue weighted by Gasteiger charge is -2.19. The minimum atomic E-state index is -0.236. The van der Waals surface area contributed by atoms with Crippen LogP contribution in [0.1, 0.15) is 22.3 Å². The predicted octanol–water partition coefficient (Wildman–Crippen LogP) is 5.76. The molecule has 0 saturated heterocycles. The van der Waals surface area contributed by atoms with Crippen LogP contribution in [-0.2, 0) is 16.1 Å². The van der Waals surface area contributed by atoms with Crippen molar-refractivity contribution in [1.82, 2.24) is 5.32 Å². The van der Waals surface area contributed by atoms with Gasteiger partial charge in [0, 0.05) is 11.6 Å². The molecule has 0 aromatic heterocycles. The highest BCUT2D eigenvalue weighted by Crippen LogP contribution is 2.31. The van der Waals surface area contributed by atoms with Crippen LogP contribution in [0, 0.1) is 13.8 Å². The Morgan fingerprint density at radius 1 is 1.06 bits per heavy atom. The zero-order valence-electron chi connectivity index (χ0n) is 20.2. The van der Waals surface area contributed by atoms with Crippen LogP contribution in [0.4, 0.5) is 5.69 Å². The fraction of sp³-hybridized carbons (Fsp3) is 0.179. The molecule has 3 aromatic rings. The number of aliphatic imine (C=N–C) groups is 1. The summed E-state index contributed by atoms with van der Waals surface area (Å²) in [5.74, 6) is 0.464. The number of carbonyl (C=O) groups is 2. The third-order valence-electron chi connectivity index (χ3n) is 5.45. The smallest absolute Gasteiger partial charge is 0.283 e. The fourth-order valence-electron chi connectivity index (χ4n) is 3.74. The average molecular weight is 520 g/mol. The Morgan fingerprint density at radius 3 is 2.36 bits per heavy atom. The summed E-state index contributed by atoms with van der Waals surface area (Å²) in [5, 5.41) is 4.01. The van der Waals surface area contributed by atoms with Crippen molar-refractivity contribution in [2.75, 3.05) is 17.8 Å². The van der Waals surface area contributed by atoms with Crippen LogP contribution < -0.4 is 15.0 Å². The van der Waals surface area contributed by atoms with Gasteiger partial charge in [0.15, 0.2) is 5.17 Å². The molecule has 1 aliphatic heterocycles. The molecule has 36 heavy (non-hydrogen) atoms. The second-order valence-corrected chi connectivity index (χ2v) is 9.75. The van der Waals surface area contributed by atoms with Crippen molar-refractivity contribution in [1.29, 1.82) is 0 Å². The Kier molecular flexibility index (Phi) is 8.13. The third-order valence-corrected chi connectivity index (χ3v) is 6.64. The van der Waals surface area contributed by atoms with Gasteiger partial charge in [0.2, 0.25) is 5.91 Å². The van der Waals surface area contributed by atoms with Gasteiger partial charge in [0.25, 0.3) is 5.91 Å². The highest BCUT2D eigenvalue weighted by molar-refractivity contribution is 8.14. The first kappa shape index (κ1) is 25.5. The van der Waals surface area contributed by atoms with Crippen molar-refractivity contribution >= 4 is 52.1 Å². The van der Waals surface area contributed by atoms with E-state index in [0.717, 1.165) is 33.7 Å². The van der Waals surface area contributed by atoms with Gasteiger partial charge < -0.3 is 10.1 Å². The van der Waals surface area contributed by atoms with Crippen LogP contribution in [0.5, 0.6) is 5.75 Å². The Labute approximate surface area is 220 Å². The number of amides is 2. The maximum Gasteiger partial charge on any atom is 0.283 e. The van der Waals surface area contributed by atoms with E-state index < -0.39 is 0 Å². The van der Waals surface area contributed by atoms with E-state index >= 15 is 0 Å². The summed E-state index contributed by atoms with van der Waals surface area (Å²) in [6.07, 6.45) is 1.74. The summed E-state index contributed by atoms with van der Waals surface area (Å²) < 4.78 is 5.21. The van der Waals surface area contributed by atoms with Crippen LogP contribution >= 0.6 is 23.4 Å². The molecular weight excluding hydrogens is 494 g/mol. The van der Waals surface area contributed by atoms with Crippen LogP contribution in [0.15, 0.2) is 77.4 Å². The van der Waals surface area contributed by atoms with Gasteiger partial charge in [-0.1, -0.05) is 53.7 Å². The number of benzene rings is 3. The molecule has 0 unspecified atom stereocenters. The van der Waals surface area contributed by atoms with E-state index in [1.807, 2.05) is 68.4 Å². The van der Waals surface area contributed by atoms with E-state index in [-0.39, 0.29) is 17.6 Å². The normalized spacial score (nSPS) is 14.2. The Morgan fingerprint density at radius 2 is 1.72 bits per heavy atom. The average Bonchev–Trinajstić information content (AvgIpc) is 3.17. The molecule has 2 amide bonds. The summed E-state index contributed by atoms with van der Waals surface area (Å²) in [7, 11) is 1.61. The highest BCUT2D eigenvalue weighted by Gasteiger charge is 2.32. The standard InChI is InChI=1S/C28H26ClN3O3S/c1-18-12-19(2)14-23(13-18)32-27(34)25(15-20-6-10-24(35-3)11-7-20)31-28(32)36-17-26(33)30-16-21-4-8-22(29)9-5-21/h4-15H,16-17H2,1-3H3,(H,30,33)/b25-15-. The molecule has 6 nitrogen and oxygen atoms in total. The molecule has 0 bridgehead atoms. The number of nitrogens with one attached hydrogen (secondary N) is 1. The zero-order chi connectivity index (χ0) is 25.7. The molecule has 1 heterocycles. The van der Waals surface area contributed by atoms with E-state index in [4.69, 9.17) is 16.3 Å². The van der Waals surface area contributed by atoms with Gasteiger partial charge in [-0.25, -0.2) is 4.99 Å². The number of nitrogens with zero attached hydrogens (tertiary/aromatic N) is 2. The predicted molar refractivity (Wildman–Crippen MR) is 148 cm³/mol. The molecule has 0 aliphatic carbocycles. The third kappa shape index (κ3) is 6.36. The van der Waals surface area contributed by atoms with Gasteiger partial charge in [-0.05, 0) is 78.6 Å².